The van der Waals surface area contributed by atoms with Crippen LogP contribution in [0.15, 0.2) is 42.5 Å². The molecule has 0 saturated carbocycles. The van der Waals surface area contributed by atoms with Gasteiger partial charge < -0.3 is 0 Å². The Morgan fingerprint density at radius 2 is 1.85 bits per heavy atom. The van der Waals surface area contributed by atoms with Gasteiger partial charge in [-0.15, -0.1) is 0 Å². The Labute approximate surface area is 117 Å². The van der Waals surface area contributed by atoms with Crippen LogP contribution in [-0.2, 0) is 0 Å². The Bertz CT molecular complexity index is 700. The lowest BCUT2D eigenvalue weighted by Crippen LogP contribution is -2.13. The van der Waals surface area contributed by atoms with Crippen LogP contribution in [-0.4, -0.2) is 5.78 Å². The van der Waals surface area contributed by atoms with Crippen LogP contribution in [0.3, 0.4) is 0 Å². The summed E-state index contributed by atoms with van der Waals surface area (Å²) in [5, 5.41) is 9.29. The molecule has 0 heterocycles. The predicted molar refractivity (Wildman–Crippen MR) is 75.0 cm³/mol. The van der Waals surface area contributed by atoms with E-state index in [0.29, 0.717) is 11.1 Å². The molecule has 0 N–H and O–H groups in total. The minimum Gasteiger partial charge on any atom is -0.292 e. The predicted octanol–water partition coefficient (Wildman–Crippen LogP) is 3.93. The standard InChI is InChI=1S/C17H14FNO/c1-11-5-3-4-6-14(11)15(10-19)17(20)13-8-7-12(2)16(18)9-13/h3-9,15H,1-2H3. The molecule has 0 fully saturated rings. The summed E-state index contributed by atoms with van der Waals surface area (Å²) in [6.07, 6.45) is 0. The Hall–Kier alpha value is -2.47. The van der Waals surface area contributed by atoms with Crippen LogP contribution >= 0.6 is 0 Å². The number of carbonyl (C=O) groups is 1. The monoisotopic (exact) mass is 267 g/mol. The number of aryl methyl sites for hydroxylation is 2. The average molecular weight is 267 g/mol. The maximum atomic E-state index is 13.6. The van der Waals surface area contributed by atoms with Crippen LogP contribution in [0, 0.1) is 31.0 Å². The second-order valence-corrected chi connectivity index (χ2v) is 4.75. The van der Waals surface area contributed by atoms with Crippen molar-refractivity contribution in [2.45, 2.75) is 19.8 Å². The summed E-state index contributed by atoms with van der Waals surface area (Å²) in [5.41, 5.74) is 2.25. The number of benzene rings is 2. The molecule has 3 heteroatoms. The lowest BCUT2D eigenvalue weighted by molar-refractivity contribution is 0.0978. The van der Waals surface area contributed by atoms with Crippen LogP contribution in [0.4, 0.5) is 4.39 Å². The fraction of sp³-hybridized carbons (Fsp3) is 0.176. The van der Waals surface area contributed by atoms with Gasteiger partial charge in [0, 0.05) is 5.56 Å². The van der Waals surface area contributed by atoms with Gasteiger partial charge in [0.1, 0.15) is 11.7 Å². The number of rotatable bonds is 3. The summed E-state index contributed by atoms with van der Waals surface area (Å²) >= 11 is 0. The number of nitriles is 1. The van der Waals surface area contributed by atoms with Gasteiger partial charge >= 0.3 is 0 Å². The van der Waals surface area contributed by atoms with E-state index in [-0.39, 0.29) is 11.3 Å². The third-order valence-electron chi connectivity index (χ3n) is 3.35. The minimum absolute atomic E-state index is 0.225. The van der Waals surface area contributed by atoms with Crippen molar-refractivity contribution in [2.24, 2.45) is 0 Å². The van der Waals surface area contributed by atoms with Gasteiger partial charge in [-0.05, 0) is 36.6 Å². The van der Waals surface area contributed by atoms with Crippen molar-refractivity contribution in [3.8, 4) is 6.07 Å². The highest BCUT2D eigenvalue weighted by atomic mass is 19.1. The van der Waals surface area contributed by atoms with Crippen LogP contribution in [0.2, 0.25) is 0 Å². The molecule has 0 spiro atoms. The first-order chi connectivity index (χ1) is 9.54. The summed E-state index contributed by atoms with van der Waals surface area (Å²) in [5.74, 6) is -1.71. The zero-order chi connectivity index (χ0) is 14.7. The lowest BCUT2D eigenvalue weighted by Gasteiger charge is -2.11. The maximum Gasteiger partial charge on any atom is 0.184 e. The topological polar surface area (TPSA) is 40.9 Å². The molecule has 2 aromatic carbocycles. The quantitative estimate of drug-likeness (QED) is 0.790. The van der Waals surface area contributed by atoms with E-state index in [1.165, 1.54) is 6.07 Å². The number of ketones is 1. The molecule has 0 bridgehead atoms. The van der Waals surface area contributed by atoms with Crippen molar-refractivity contribution >= 4 is 5.78 Å². The van der Waals surface area contributed by atoms with Gasteiger partial charge in [-0.2, -0.15) is 5.26 Å². The zero-order valence-electron chi connectivity index (χ0n) is 11.4. The second-order valence-electron chi connectivity index (χ2n) is 4.75. The van der Waals surface area contributed by atoms with Crippen molar-refractivity contribution in [3.63, 3.8) is 0 Å². The molecule has 0 aliphatic carbocycles. The first-order valence-corrected chi connectivity index (χ1v) is 6.30. The van der Waals surface area contributed by atoms with Crippen molar-refractivity contribution in [3.05, 3.63) is 70.5 Å². The SMILES string of the molecule is Cc1ccc(C(=O)C(C#N)c2ccccc2C)cc1F. The van der Waals surface area contributed by atoms with Crippen molar-refractivity contribution in [2.75, 3.05) is 0 Å². The Balaban J connectivity index is 2.42. The fourth-order valence-corrected chi connectivity index (χ4v) is 2.09. The van der Waals surface area contributed by atoms with E-state index in [1.807, 2.05) is 25.1 Å². The van der Waals surface area contributed by atoms with Crippen LogP contribution in [0.1, 0.15) is 33.0 Å². The van der Waals surface area contributed by atoms with Crippen molar-refractivity contribution in [1.29, 1.82) is 5.26 Å². The molecule has 1 unspecified atom stereocenters. The van der Waals surface area contributed by atoms with E-state index in [4.69, 9.17) is 0 Å². The summed E-state index contributed by atoms with van der Waals surface area (Å²) in [7, 11) is 0. The van der Waals surface area contributed by atoms with E-state index in [2.05, 4.69) is 0 Å². The highest BCUT2D eigenvalue weighted by Crippen LogP contribution is 2.24. The molecule has 2 aromatic rings. The zero-order valence-corrected chi connectivity index (χ0v) is 11.4. The smallest absolute Gasteiger partial charge is 0.184 e. The highest BCUT2D eigenvalue weighted by molar-refractivity contribution is 6.03. The number of halogens is 1. The minimum atomic E-state index is -0.904. The first kappa shape index (κ1) is 14.0. The van der Waals surface area contributed by atoms with E-state index in [9.17, 15) is 14.4 Å². The molecule has 0 radical (unpaired) electrons. The molecule has 0 aromatic heterocycles. The van der Waals surface area contributed by atoms with Gasteiger partial charge in [0.15, 0.2) is 5.78 Å². The third-order valence-corrected chi connectivity index (χ3v) is 3.35. The van der Waals surface area contributed by atoms with Gasteiger partial charge in [0.05, 0.1) is 6.07 Å². The van der Waals surface area contributed by atoms with Gasteiger partial charge in [-0.25, -0.2) is 4.39 Å². The Morgan fingerprint density at radius 1 is 1.15 bits per heavy atom. The largest absolute Gasteiger partial charge is 0.292 e. The second kappa shape index (κ2) is 5.66. The molecule has 0 amide bonds. The summed E-state index contributed by atoms with van der Waals surface area (Å²) in [4.78, 5) is 12.4. The molecule has 1 atom stereocenters. The molecular weight excluding hydrogens is 253 g/mol. The van der Waals surface area contributed by atoms with Crippen LogP contribution in [0.5, 0.6) is 0 Å². The van der Waals surface area contributed by atoms with Crippen molar-refractivity contribution in [1.82, 2.24) is 0 Å². The molecule has 0 aliphatic rings. The summed E-state index contributed by atoms with van der Waals surface area (Å²) in [6, 6.07) is 13.6. The average Bonchev–Trinajstić information content (AvgIpc) is 2.44. The molecule has 2 nitrogen and oxygen atoms in total. The molecule has 100 valence electrons. The van der Waals surface area contributed by atoms with E-state index < -0.39 is 11.7 Å². The van der Waals surface area contributed by atoms with Crippen LogP contribution < -0.4 is 0 Å². The van der Waals surface area contributed by atoms with Gasteiger partial charge in [-0.1, -0.05) is 36.4 Å². The van der Waals surface area contributed by atoms with Gasteiger partial charge in [-0.3, -0.25) is 4.79 Å². The molecule has 20 heavy (non-hydrogen) atoms. The normalized spacial score (nSPS) is 11.7. The third kappa shape index (κ3) is 2.60. The number of hydrogen-bond donors (Lipinski definition) is 0. The molecule has 2 rings (SSSR count). The van der Waals surface area contributed by atoms with Crippen LogP contribution in [0.25, 0.3) is 0 Å². The molecule has 0 aliphatic heterocycles. The lowest BCUT2D eigenvalue weighted by atomic mass is 9.89. The summed E-state index contributed by atoms with van der Waals surface area (Å²) < 4.78 is 13.6. The van der Waals surface area contributed by atoms with Crippen molar-refractivity contribution < 1.29 is 9.18 Å². The number of nitrogens with zero attached hydrogens (tertiary/aromatic N) is 1. The highest BCUT2D eigenvalue weighted by Gasteiger charge is 2.23. The number of carbonyl (C=O) groups excluding carboxylic acids is 1. The van der Waals surface area contributed by atoms with Gasteiger partial charge in [0.25, 0.3) is 0 Å². The summed E-state index contributed by atoms with van der Waals surface area (Å²) in [6.45, 7) is 3.48. The fourth-order valence-electron chi connectivity index (χ4n) is 2.09. The number of hydrogen-bond acceptors (Lipinski definition) is 2. The maximum absolute atomic E-state index is 13.6. The number of Topliss-reactive ketones (excluding diaryl/α,β-unsaturated/α-hetero) is 1. The molecular formula is C17H14FNO. The van der Waals surface area contributed by atoms with E-state index in [1.54, 1.807) is 31.2 Å². The Kier molecular flexibility index (Phi) is 3.95. The van der Waals surface area contributed by atoms with E-state index >= 15 is 0 Å². The Morgan fingerprint density at radius 3 is 2.45 bits per heavy atom. The van der Waals surface area contributed by atoms with E-state index in [0.717, 1.165) is 5.56 Å². The first-order valence-electron chi connectivity index (χ1n) is 6.30. The van der Waals surface area contributed by atoms with Gasteiger partial charge in [0.2, 0.25) is 0 Å². The molecule has 0 saturated heterocycles.